The number of carboxylic acid groups (broad SMARTS) is 1. The lowest BCUT2D eigenvalue weighted by atomic mass is 10.1. The zero-order valence-corrected chi connectivity index (χ0v) is 12.9. The van der Waals surface area contributed by atoms with E-state index in [1.54, 1.807) is 24.3 Å². The Morgan fingerprint density at radius 2 is 1.92 bits per heavy atom. The average molecular weight is 331 g/mol. The lowest BCUT2D eigenvalue weighted by Crippen LogP contribution is -2.44. The highest BCUT2D eigenvalue weighted by molar-refractivity contribution is 6.00. The van der Waals surface area contributed by atoms with E-state index in [2.05, 4.69) is 5.32 Å². The summed E-state index contributed by atoms with van der Waals surface area (Å²) < 4.78 is 2.89. The number of fused-ring (bicyclic) bond motifs is 1. The van der Waals surface area contributed by atoms with Gasteiger partial charge in [-0.05, 0) is 25.0 Å². The van der Waals surface area contributed by atoms with Crippen molar-refractivity contribution >= 4 is 28.8 Å². The number of aryl methyl sites for hydroxylation is 1. The number of hydrogen-bond donors (Lipinski definition) is 2. The van der Waals surface area contributed by atoms with Gasteiger partial charge in [0.15, 0.2) is 0 Å². The van der Waals surface area contributed by atoms with Gasteiger partial charge in [0.1, 0.15) is 6.04 Å². The first kappa shape index (κ1) is 16.0. The average Bonchev–Trinajstić information content (AvgIpc) is 2.80. The Labute approximate surface area is 136 Å². The monoisotopic (exact) mass is 331 g/mol. The highest BCUT2D eigenvalue weighted by atomic mass is 16.4. The summed E-state index contributed by atoms with van der Waals surface area (Å²) in [5.74, 6) is -1.74. The van der Waals surface area contributed by atoms with Crippen LogP contribution in [-0.2, 0) is 20.9 Å². The number of imide groups is 1. The molecule has 8 nitrogen and oxygen atoms in total. The van der Waals surface area contributed by atoms with E-state index in [4.69, 9.17) is 5.11 Å². The number of benzene rings is 1. The smallest absolute Gasteiger partial charge is 0.329 e. The number of amides is 2. The Bertz CT molecular complexity index is 879. The first-order valence-electron chi connectivity index (χ1n) is 7.74. The van der Waals surface area contributed by atoms with Crippen LogP contribution < -0.4 is 11.0 Å². The van der Waals surface area contributed by atoms with Gasteiger partial charge in [-0.2, -0.15) is 0 Å². The van der Waals surface area contributed by atoms with Crippen LogP contribution in [-0.4, -0.2) is 32.0 Å². The van der Waals surface area contributed by atoms with Crippen molar-refractivity contribution in [3.8, 4) is 0 Å². The molecule has 24 heavy (non-hydrogen) atoms. The van der Waals surface area contributed by atoms with E-state index in [1.165, 1.54) is 9.13 Å². The molecule has 0 bridgehead atoms. The zero-order chi connectivity index (χ0) is 17.3. The van der Waals surface area contributed by atoms with Crippen molar-refractivity contribution in [2.75, 3.05) is 0 Å². The van der Waals surface area contributed by atoms with Crippen LogP contribution in [0.4, 0.5) is 0 Å². The van der Waals surface area contributed by atoms with Gasteiger partial charge in [-0.3, -0.25) is 28.8 Å². The fraction of sp³-hybridized carbons (Fsp3) is 0.375. The van der Waals surface area contributed by atoms with Gasteiger partial charge in [-0.1, -0.05) is 12.1 Å². The number of nitrogens with one attached hydrogen (secondary N) is 1. The predicted octanol–water partition coefficient (Wildman–Crippen LogP) is 0.646. The molecule has 2 amide bonds. The number of aromatic nitrogens is 2. The second-order valence-corrected chi connectivity index (χ2v) is 5.76. The summed E-state index contributed by atoms with van der Waals surface area (Å²) in [4.78, 5) is 47.0. The number of imidazole rings is 1. The molecule has 3 rings (SSSR count). The van der Waals surface area contributed by atoms with Crippen LogP contribution in [0.25, 0.3) is 11.0 Å². The van der Waals surface area contributed by atoms with E-state index in [0.717, 1.165) is 0 Å². The summed E-state index contributed by atoms with van der Waals surface area (Å²) in [6.07, 6.45) is 0.734. The van der Waals surface area contributed by atoms with Crippen LogP contribution in [0.5, 0.6) is 0 Å². The number of hydrogen-bond acceptors (Lipinski definition) is 4. The number of carbonyl (C=O) groups excluding carboxylic acids is 2. The minimum atomic E-state index is -0.919. The van der Waals surface area contributed by atoms with E-state index in [9.17, 15) is 19.2 Å². The third kappa shape index (κ3) is 2.82. The Morgan fingerprint density at radius 3 is 2.58 bits per heavy atom. The van der Waals surface area contributed by atoms with Gasteiger partial charge in [0.2, 0.25) is 11.8 Å². The summed E-state index contributed by atoms with van der Waals surface area (Å²) >= 11 is 0. The van der Waals surface area contributed by atoms with Gasteiger partial charge in [0, 0.05) is 19.4 Å². The number of rotatable bonds is 5. The molecule has 1 fully saturated rings. The highest BCUT2D eigenvalue weighted by Gasteiger charge is 2.31. The Kier molecular flexibility index (Phi) is 4.20. The van der Waals surface area contributed by atoms with Crippen molar-refractivity contribution in [1.29, 1.82) is 0 Å². The third-order valence-corrected chi connectivity index (χ3v) is 4.16. The molecule has 1 unspecified atom stereocenters. The van der Waals surface area contributed by atoms with Crippen molar-refractivity contribution in [1.82, 2.24) is 14.5 Å². The fourth-order valence-electron chi connectivity index (χ4n) is 3.07. The van der Waals surface area contributed by atoms with Crippen LogP contribution in [0.3, 0.4) is 0 Å². The van der Waals surface area contributed by atoms with Crippen molar-refractivity contribution < 1.29 is 19.5 Å². The van der Waals surface area contributed by atoms with E-state index in [-0.39, 0.29) is 37.4 Å². The van der Waals surface area contributed by atoms with Crippen molar-refractivity contribution in [2.45, 2.75) is 38.3 Å². The Hall–Kier alpha value is -2.90. The summed E-state index contributed by atoms with van der Waals surface area (Å²) in [5.41, 5.74) is 0.890. The maximum atomic E-state index is 12.8. The summed E-state index contributed by atoms with van der Waals surface area (Å²) in [6, 6.07) is 6.32. The van der Waals surface area contributed by atoms with E-state index >= 15 is 0 Å². The van der Waals surface area contributed by atoms with E-state index in [1.807, 2.05) is 0 Å². The Morgan fingerprint density at radius 1 is 1.21 bits per heavy atom. The molecular formula is C16H17N3O5. The van der Waals surface area contributed by atoms with Gasteiger partial charge < -0.3 is 5.11 Å². The van der Waals surface area contributed by atoms with Gasteiger partial charge in [-0.25, -0.2) is 4.79 Å². The molecule has 0 radical (unpaired) electrons. The van der Waals surface area contributed by atoms with Gasteiger partial charge >= 0.3 is 11.7 Å². The number of para-hydroxylation sites is 2. The molecular weight excluding hydrogens is 314 g/mol. The number of piperidine rings is 1. The predicted molar refractivity (Wildman–Crippen MR) is 84.5 cm³/mol. The van der Waals surface area contributed by atoms with Crippen molar-refractivity contribution in [3.63, 3.8) is 0 Å². The van der Waals surface area contributed by atoms with Crippen LogP contribution in [0.1, 0.15) is 31.7 Å². The van der Waals surface area contributed by atoms with Crippen molar-refractivity contribution in [2.24, 2.45) is 0 Å². The molecule has 0 spiro atoms. The third-order valence-electron chi connectivity index (χ3n) is 4.16. The molecule has 1 aliphatic heterocycles. The standard InChI is InChI=1S/C16H17N3O5/c20-13-8-7-12(15(23)17-13)19-11-5-2-1-4-10(11)18(16(19)24)9-3-6-14(21)22/h1-2,4-5,12H,3,6-9H2,(H,21,22)(H,17,20,23). The van der Waals surface area contributed by atoms with Gasteiger partial charge in [0.05, 0.1) is 11.0 Å². The molecule has 1 saturated heterocycles. The molecule has 1 atom stereocenters. The topological polar surface area (TPSA) is 110 Å². The lowest BCUT2D eigenvalue weighted by Gasteiger charge is -2.21. The lowest BCUT2D eigenvalue weighted by molar-refractivity contribution is -0.137. The normalized spacial score (nSPS) is 17.9. The zero-order valence-electron chi connectivity index (χ0n) is 12.9. The first-order chi connectivity index (χ1) is 11.5. The maximum absolute atomic E-state index is 12.8. The second-order valence-electron chi connectivity index (χ2n) is 5.76. The van der Waals surface area contributed by atoms with Crippen molar-refractivity contribution in [3.05, 3.63) is 34.7 Å². The number of nitrogens with zero attached hydrogens (tertiary/aromatic N) is 2. The number of carboxylic acids is 1. The van der Waals surface area contributed by atoms with Crippen LogP contribution in [0.2, 0.25) is 0 Å². The molecule has 8 heteroatoms. The number of aliphatic carboxylic acids is 1. The molecule has 1 aliphatic rings. The minimum absolute atomic E-state index is 0.0373. The van der Waals surface area contributed by atoms with Crippen LogP contribution in [0.15, 0.2) is 29.1 Å². The molecule has 2 aromatic rings. The molecule has 2 N–H and O–H groups in total. The first-order valence-corrected chi connectivity index (χ1v) is 7.74. The van der Waals surface area contributed by atoms with Crippen LogP contribution >= 0.6 is 0 Å². The molecule has 126 valence electrons. The summed E-state index contributed by atoms with van der Waals surface area (Å²) in [5, 5.41) is 11.0. The summed E-state index contributed by atoms with van der Waals surface area (Å²) in [7, 11) is 0. The van der Waals surface area contributed by atoms with Gasteiger partial charge in [-0.15, -0.1) is 0 Å². The molecule has 1 aromatic heterocycles. The second kappa shape index (κ2) is 6.31. The SMILES string of the molecule is O=C(O)CCCn1c(=O)n(C2CCC(=O)NC2=O)c2ccccc21. The summed E-state index contributed by atoms with van der Waals surface area (Å²) in [6.45, 7) is 0.256. The van der Waals surface area contributed by atoms with E-state index < -0.39 is 17.9 Å². The number of carbonyl (C=O) groups is 3. The van der Waals surface area contributed by atoms with Gasteiger partial charge in [0.25, 0.3) is 0 Å². The maximum Gasteiger partial charge on any atom is 0.329 e. The quantitative estimate of drug-likeness (QED) is 0.782. The molecule has 0 aliphatic carbocycles. The molecule has 0 saturated carbocycles. The molecule has 2 heterocycles. The highest BCUT2D eigenvalue weighted by Crippen LogP contribution is 2.23. The minimum Gasteiger partial charge on any atom is -0.481 e. The largest absolute Gasteiger partial charge is 0.481 e. The Balaban J connectivity index is 2.03. The fourth-order valence-corrected chi connectivity index (χ4v) is 3.07. The van der Waals surface area contributed by atoms with E-state index in [0.29, 0.717) is 17.5 Å². The molecule has 1 aromatic carbocycles. The van der Waals surface area contributed by atoms with Crippen LogP contribution in [0, 0.1) is 0 Å².